The van der Waals surface area contributed by atoms with Crippen LogP contribution in [0.4, 0.5) is 0 Å². The molecule has 0 radical (unpaired) electrons. The molecule has 0 amide bonds. The minimum absolute atomic E-state index is 0.567. The molecule has 7 heteroatoms. The standard InChI is InChI=1S/C22H19N5O2/c1-26-11-10-15-20(14-8-9-18(28-2)19(12-14)29-3)24-22(25-21(15)26)27-13-23-16-6-4-5-7-17(16)27/h4-13H,1-3H3. The summed E-state index contributed by atoms with van der Waals surface area (Å²) < 4.78 is 14.8. The maximum atomic E-state index is 5.49. The fourth-order valence-electron chi connectivity index (χ4n) is 3.56. The highest BCUT2D eigenvalue weighted by Gasteiger charge is 2.16. The summed E-state index contributed by atoms with van der Waals surface area (Å²) in [6, 6.07) is 15.8. The molecular weight excluding hydrogens is 366 g/mol. The first-order chi connectivity index (χ1) is 14.2. The van der Waals surface area contributed by atoms with Gasteiger partial charge in [-0.25, -0.2) is 9.97 Å². The fourth-order valence-corrected chi connectivity index (χ4v) is 3.56. The van der Waals surface area contributed by atoms with Crippen molar-refractivity contribution in [2.45, 2.75) is 0 Å². The van der Waals surface area contributed by atoms with Crippen LogP contribution in [0.2, 0.25) is 0 Å². The number of aromatic nitrogens is 5. The van der Waals surface area contributed by atoms with Gasteiger partial charge in [0.25, 0.3) is 0 Å². The van der Waals surface area contributed by atoms with E-state index >= 15 is 0 Å². The van der Waals surface area contributed by atoms with E-state index in [1.165, 1.54) is 0 Å². The van der Waals surface area contributed by atoms with Crippen molar-refractivity contribution >= 4 is 22.1 Å². The molecular formula is C22H19N5O2. The average molecular weight is 385 g/mol. The third-order valence-electron chi connectivity index (χ3n) is 5.04. The highest BCUT2D eigenvalue weighted by molar-refractivity contribution is 5.92. The van der Waals surface area contributed by atoms with E-state index < -0.39 is 0 Å². The lowest BCUT2D eigenvalue weighted by atomic mass is 10.1. The topological polar surface area (TPSA) is 67.0 Å². The number of rotatable bonds is 4. The monoisotopic (exact) mass is 385 g/mol. The fraction of sp³-hybridized carbons (Fsp3) is 0.136. The molecule has 0 aliphatic heterocycles. The number of fused-ring (bicyclic) bond motifs is 2. The van der Waals surface area contributed by atoms with Gasteiger partial charge in [0.15, 0.2) is 11.5 Å². The molecule has 3 aromatic heterocycles. The summed E-state index contributed by atoms with van der Waals surface area (Å²) in [6.45, 7) is 0. The van der Waals surface area contributed by atoms with Crippen molar-refractivity contribution in [1.29, 1.82) is 0 Å². The minimum atomic E-state index is 0.567. The third-order valence-corrected chi connectivity index (χ3v) is 5.04. The Morgan fingerprint density at radius 2 is 1.72 bits per heavy atom. The normalized spacial score (nSPS) is 11.3. The third kappa shape index (κ3) is 2.70. The molecule has 29 heavy (non-hydrogen) atoms. The van der Waals surface area contributed by atoms with Crippen LogP contribution in [0, 0.1) is 0 Å². The molecule has 0 saturated heterocycles. The Bertz CT molecular complexity index is 1350. The second kappa shape index (κ2) is 6.63. The van der Waals surface area contributed by atoms with Gasteiger partial charge in [0, 0.05) is 24.2 Å². The molecule has 5 aromatic rings. The highest BCUT2D eigenvalue weighted by atomic mass is 16.5. The van der Waals surface area contributed by atoms with Gasteiger partial charge in [0.1, 0.15) is 12.0 Å². The minimum Gasteiger partial charge on any atom is -0.493 e. The van der Waals surface area contributed by atoms with Crippen LogP contribution >= 0.6 is 0 Å². The van der Waals surface area contributed by atoms with Crippen molar-refractivity contribution in [1.82, 2.24) is 24.1 Å². The predicted molar refractivity (Wildman–Crippen MR) is 112 cm³/mol. The highest BCUT2D eigenvalue weighted by Crippen LogP contribution is 2.35. The molecule has 0 N–H and O–H groups in total. The van der Waals surface area contributed by atoms with E-state index in [-0.39, 0.29) is 0 Å². The summed E-state index contributed by atoms with van der Waals surface area (Å²) in [6.07, 6.45) is 3.74. The molecule has 0 unspecified atom stereocenters. The van der Waals surface area contributed by atoms with Crippen molar-refractivity contribution in [2.75, 3.05) is 14.2 Å². The zero-order chi connectivity index (χ0) is 20.0. The number of imidazole rings is 1. The van der Waals surface area contributed by atoms with Gasteiger partial charge in [-0.2, -0.15) is 4.98 Å². The maximum absolute atomic E-state index is 5.49. The van der Waals surface area contributed by atoms with Crippen LogP contribution in [-0.4, -0.2) is 38.3 Å². The molecule has 144 valence electrons. The van der Waals surface area contributed by atoms with Crippen LogP contribution in [0.15, 0.2) is 61.1 Å². The van der Waals surface area contributed by atoms with Crippen LogP contribution in [0.25, 0.3) is 39.3 Å². The van der Waals surface area contributed by atoms with E-state index in [2.05, 4.69) is 4.98 Å². The lowest BCUT2D eigenvalue weighted by molar-refractivity contribution is 0.355. The van der Waals surface area contributed by atoms with Gasteiger partial charge in [-0.3, -0.25) is 4.57 Å². The van der Waals surface area contributed by atoms with Gasteiger partial charge >= 0.3 is 0 Å². The van der Waals surface area contributed by atoms with Crippen molar-refractivity contribution < 1.29 is 9.47 Å². The smallest absolute Gasteiger partial charge is 0.238 e. The van der Waals surface area contributed by atoms with Crippen LogP contribution in [0.3, 0.4) is 0 Å². The second-order valence-electron chi connectivity index (χ2n) is 6.71. The maximum Gasteiger partial charge on any atom is 0.238 e. The van der Waals surface area contributed by atoms with Crippen LogP contribution in [-0.2, 0) is 7.05 Å². The second-order valence-corrected chi connectivity index (χ2v) is 6.71. The summed E-state index contributed by atoms with van der Waals surface area (Å²) >= 11 is 0. The van der Waals surface area contributed by atoms with E-state index in [0.29, 0.717) is 17.4 Å². The molecule has 0 saturated carbocycles. The van der Waals surface area contributed by atoms with Gasteiger partial charge in [-0.1, -0.05) is 12.1 Å². The molecule has 0 fully saturated rings. The molecule has 2 aromatic carbocycles. The summed E-state index contributed by atoms with van der Waals surface area (Å²) in [4.78, 5) is 14.2. The Labute approximate surface area is 167 Å². The largest absolute Gasteiger partial charge is 0.493 e. The molecule has 0 aliphatic rings. The van der Waals surface area contributed by atoms with Crippen molar-refractivity contribution in [3.63, 3.8) is 0 Å². The SMILES string of the molecule is COc1ccc(-c2nc(-n3cnc4ccccc43)nc3c2ccn3C)cc1OC. The quantitative estimate of drug-likeness (QED) is 0.468. The van der Waals surface area contributed by atoms with Gasteiger partial charge in [-0.05, 0) is 36.4 Å². The first kappa shape index (κ1) is 17.2. The molecule has 5 rings (SSSR count). The summed E-state index contributed by atoms with van der Waals surface area (Å²) in [5.74, 6) is 1.90. The molecule has 0 spiro atoms. The Kier molecular flexibility index (Phi) is 3.94. The summed E-state index contributed by atoms with van der Waals surface area (Å²) in [5.41, 5.74) is 4.45. The first-order valence-electron chi connectivity index (χ1n) is 9.17. The Balaban J connectivity index is 1.78. The van der Waals surface area contributed by atoms with Gasteiger partial charge < -0.3 is 14.0 Å². The molecule has 7 nitrogen and oxygen atoms in total. The number of hydrogen-bond acceptors (Lipinski definition) is 5. The van der Waals surface area contributed by atoms with E-state index in [1.807, 2.05) is 70.9 Å². The van der Waals surface area contributed by atoms with Crippen molar-refractivity contribution in [2.24, 2.45) is 7.05 Å². The summed E-state index contributed by atoms with van der Waals surface area (Å²) in [5, 5.41) is 0.966. The predicted octanol–water partition coefficient (Wildman–Crippen LogP) is 3.99. The lowest BCUT2D eigenvalue weighted by Crippen LogP contribution is -2.03. The number of aryl methyl sites for hydroxylation is 1. The number of nitrogens with zero attached hydrogens (tertiary/aromatic N) is 5. The average Bonchev–Trinajstić information content (AvgIpc) is 3.36. The van der Waals surface area contributed by atoms with Crippen molar-refractivity contribution in [3.05, 3.63) is 61.1 Å². The van der Waals surface area contributed by atoms with Crippen LogP contribution < -0.4 is 9.47 Å². The lowest BCUT2D eigenvalue weighted by Gasteiger charge is -2.12. The van der Waals surface area contributed by atoms with E-state index in [4.69, 9.17) is 19.4 Å². The van der Waals surface area contributed by atoms with Gasteiger partial charge in [-0.15, -0.1) is 0 Å². The Morgan fingerprint density at radius 3 is 2.55 bits per heavy atom. The molecule has 3 heterocycles. The molecule has 0 atom stereocenters. The zero-order valence-electron chi connectivity index (χ0n) is 16.3. The van der Waals surface area contributed by atoms with Gasteiger partial charge in [0.2, 0.25) is 5.95 Å². The van der Waals surface area contributed by atoms with Crippen molar-refractivity contribution in [3.8, 4) is 28.7 Å². The number of para-hydroxylation sites is 2. The number of hydrogen-bond donors (Lipinski definition) is 0. The van der Waals surface area contributed by atoms with Gasteiger partial charge in [0.05, 0.1) is 30.9 Å². The van der Waals surface area contributed by atoms with E-state index in [9.17, 15) is 0 Å². The first-order valence-corrected chi connectivity index (χ1v) is 9.17. The number of methoxy groups -OCH3 is 2. The Morgan fingerprint density at radius 1 is 0.897 bits per heavy atom. The summed E-state index contributed by atoms with van der Waals surface area (Å²) in [7, 11) is 5.23. The number of ether oxygens (including phenoxy) is 2. The van der Waals surface area contributed by atoms with E-state index in [1.54, 1.807) is 20.5 Å². The van der Waals surface area contributed by atoms with Crippen LogP contribution in [0.5, 0.6) is 11.5 Å². The molecule has 0 aliphatic carbocycles. The van der Waals surface area contributed by atoms with Crippen LogP contribution in [0.1, 0.15) is 0 Å². The van der Waals surface area contributed by atoms with E-state index in [0.717, 1.165) is 33.3 Å². The Hall–Kier alpha value is -3.87. The zero-order valence-corrected chi connectivity index (χ0v) is 16.3. The number of benzene rings is 2. The molecule has 0 bridgehead atoms.